The maximum atomic E-state index is 5.40. The van der Waals surface area contributed by atoms with E-state index in [-0.39, 0.29) is 4.75 Å². The molecule has 18 heavy (non-hydrogen) atoms. The molecular formula is C14H21NO2S. The van der Waals surface area contributed by atoms with E-state index in [4.69, 9.17) is 9.47 Å². The summed E-state index contributed by atoms with van der Waals surface area (Å²) >= 11 is 1.97. The highest BCUT2D eigenvalue weighted by Crippen LogP contribution is 2.48. The van der Waals surface area contributed by atoms with E-state index < -0.39 is 0 Å². The molecule has 2 rings (SSSR count). The first kappa shape index (κ1) is 13.6. The van der Waals surface area contributed by atoms with Gasteiger partial charge < -0.3 is 14.8 Å². The van der Waals surface area contributed by atoms with Crippen molar-refractivity contribution >= 4 is 11.8 Å². The van der Waals surface area contributed by atoms with E-state index in [0.717, 1.165) is 17.3 Å². The molecule has 1 N–H and O–H groups in total. The molecule has 1 aliphatic rings. The summed E-state index contributed by atoms with van der Waals surface area (Å²) in [5, 5.41) is 3.42. The molecule has 1 aromatic carbocycles. The zero-order valence-electron chi connectivity index (χ0n) is 11.7. The summed E-state index contributed by atoms with van der Waals surface area (Å²) in [6.45, 7) is 4.55. The summed E-state index contributed by atoms with van der Waals surface area (Å²) in [7, 11) is 5.37. The standard InChI is InChI=1S/C14H21NO2S/c1-14(2)13(15-3)10-7-12(17-5)11(16-4)6-9(10)8-18-14/h6-7,13,15H,8H2,1-5H3. The van der Waals surface area contributed by atoms with Gasteiger partial charge in [-0.1, -0.05) is 0 Å². The number of benzene rings is 1. The molecule has 0 amide bonds. The fourth-order valence-corrected chi connectivity index (χ4v) is 3.74. The fourth-order valence-electron chi connectivity index (χ4n) is 2.56. The molecule has 1 unspecified atom stereocenters. The Morgan fingerprint density at radius 1 is 1.22 bits per heavy atom. The minimum Gasteiger partial charge on any atom is -0.493 e. The van der Waals surface area contributed by atoms with Crippen molar-refractivity contribution in [1.29, 1.82) is 0 Å². The Morgan fingerprint density at radius 2 is 1.83 bits per heavy atom. The Morgan fingerprint density at radius 3 is 2.39 bits per heavy atom. The predicted molar refractivity (Wildman–Crippen MR) is 76.7 cm³/mol. The molecule has 0 bridgehead atoms. The molecule has 4 heteroatoms. The third-order valence-corrected chi connectivity index (χ3v) is 4.98. The van der Waals surface area contributed by atoms with E-state index >= 15 is 0 Å². The van der Waals surface area contributed by atoms with Gasteiger partial charge in [-0.15, -0.1) is 11.8 Å². The lowest BCUT2D eigenvalue weighted by Crippen LogP contribution is -2.38. The lowest BCUT2D eigenvalue weighted by atomic mass is 9.91. The summed E-state index contributed by atoms with van der Waals surface area (Å²) in [4.78, 5) is 0. The van der Waals surface area contributed by atoms with E-state index in [2.05, 4.69) is 31.3 Å². The smallest absolute Gasteiger partial charge is 0.161 e. The third kappa shape index (κ3) is 2.19. The molecule has 0 radical (unpaired) electrons. The summed E-state index contributed by atoms with van der Waals surface area (Å²) in [6.07, 6.45) is 0. The Balaban J connectivity index is 2.52. The molecule has 1 atom stereocenters. The van der Waals surface area contributed by atoms with Crippen LogP contribution in [0, 0.1) is 0 Å². The van der Waals surface area contributed by atoms with Crippen molar-refractivity contribution in [3.8, 4) is 11.5 Å². The number of nitrogens with one attached hydrogen (secondary N) is 1. The van der Waals surface area contributed by atoms with Crippen molar-refractivity contribution in [2.24, 2.45) is 0 Å². The van der Waals surface area contributed by atoms with Gasteiger partial charge in [0.2, 0.25) is 0 Å². The van der Waals surface area contributed by atoms with E-state index in [9.17, 15) is 0 Å². The van der Waals surface area contributed by atoms with Crippen molar-refractivity contribution < 1.29 is 9.47 Å². The Labute approximate surface area is 113 Å². The number of rotatable bonds is 3. The van der Waals surface area contributed by atoms with Crippen LogP contribution in [0.2, 0.25) is 0 Å². The van der Waals surface area contributed by atoms with Gasteiger partial charge in [-0.25, -0.2) is 0 Å². The van der Waals surface area contributed by atoms with Crippen LogP contribution in [0.4, 0.5) is 0 Å². The van der Waals surface area contributed by atoms with E-state index in [1.54, 1.807) is 14.2 Å². The summed E-state index contributed by atoms with van der Waals surface area (Å²) in [5.74, 6) is 2.63. The van der Waals surface area contributed by atoms with Crippen molar-refractivity contribution in [3.05, 3.63) is 23.3 Å². The van der Waals surface area contributed by atoms with Crippen LogP contribution in [0.5, 0.6) is 11.5 Å². The van der Waals surface area contributed by atoms with E-state index in [0.29, 0.717) is 6.04 Å². The number of hydrogen-bond acceptors (Lipinski definition) is 4. The van der Waals surface area contributed by atoms with Gasteiger partial charge >= 0.3 is 0 Å². The molecule has 0 fully saturated rings. The Kier molecular flexibility index (Phi) is 3.78. The first-order valence-electron chi connectivity index (χ1n) is 6.09. The molecule has 100 valence electrons. The molecule has 0 saturated heterocycles. The maximum absolute atomic E-state index is 5.40. The summed E-state index contributed by atoms with van der Waals surface area (Å²) < 4.78 is 11.0. The summed E-state index contributed by atoms with van der Waals surface area (Å²) in [6, 6.07) is 4.53. The van der Waals surface area contributed by atoms with Crippen LogP contribution in [0.3, 0.4) is 0 Å². The number of fused-ring (bicyclic) bond motifs is 1. The first-order chi connectivity index (χ1) is 8.53. The monoisotopic (exact) mass is 267 g/mol. The molecule has 1 heterocycles. The minimum atomic E-state index is 0.182. The van der Waals surface area contributed by atoms with Gasteiger partial charge in [-0.05, 0) is 44.2 Å². The average molecular weight is 267 g/mol. The Bertz CT molecular complexity index is 446. The van der Waals surface area contributed by atoms with Crippen molar-refractivity contribution in [1.82, 2.24) is 5.32 Å². The molecule has 3 nitrogen and oxygen atoms in total. The molecule has 0 spiro atoms. The van der Waals surface area contributed by atoms with Gasteiger partial charge in [-0.3, -0.25) is 0 Å². The first-order valence-corrected chi connectivity index (χ1v) is 7.08. The highest BCUT2D eigenvalue weighted by molar-refractivity contribution is 8.00. The normalized spacial score (nSPS) is 21.3. The summed E-state index contributed by atoms with van der Waals surface area (Å²) in [5.41, 5.74) is 2.65. The van der Waals surface area contributed by atoms with Gasteiger partial charge in [0.1, 0.15) is 0 Å². The molecule has 0 saturated carbocycles. The van der Waals surface area contributed by atoms with E-state index in [1.807, 2.05) is 18.8 Å². The quantitative estimate of drug-likeness (QED) is 0.912. The second-order valence-corrected chi connectivity index (χ2v) is 6.65. The SMILES string of the molecule is CNC1c2cc(OC)c(OC)cc2CSC1(C)C. The second-order valence-electron chi connectivity index (χ2n) is 5.02. The van der Waals surface area contributed by atoms with E-state index in [1.165, 1.54) is 11.1 Å². The average Bonchev–Trinajstić information content (AvgIpc) is 2.36. The lowest BCUT2D eigenvalue weighted by molar-refractivity contribution is 0.352. The van der Waals surface area contributed by atoms with Crippen LogP contribution in [0.15, 0.2) is 12.1 Å². The molecule has 1 aromatic rings. The van der Waals surface area contributed by atoms with Crippen molar-refractivity contribution in [2.45, 2.75) is 30.4 Å². The number of hydrogen-bond donors (Lipinski definition) is 1. The van der Waals surface area contributed by atoms with Crippen LogP contribution < -0.4 is 14.8 Å². The topological polar surface area (TPSA) is 30.5 Å². The van der Waals surface area contributed by atoms with Crippen LogP contribution in [0.25, 0.3) is 0 Å². The lowest BCUT2D eigenvalue weighted by Gasteiger charge is -2.39. The minimum absolute atomic E-state index is 0.182. The van der Waals surface area contributed by atoms with Crippen molar-refractivity contribution in [2.75, 3.05) is 21.3 Å². The van der Waals surface area contributed by atoms with Gasteiger partial charge in [0.15, 0.2) is 11.5 Å². The highest BCUT2D eigenvalue weighted by atomic mass is 32.2. The van der Waals surface area contributed by atoms with Gasteiger partial charge in [0.25, 0.3) is 0 Å². The molecule has 0 aliphatic carbocycles. The van der Waals surface area contributed by atoms with Crippen LogP contribution in [-0.2, 0) is 5.75 Å². The Hall–Kier alpha value is -0.870. The second kappa shape index (κ2) is 5.02. The molecular weight excluding hydrogens is 246 g/mol. The number of methoxy groups -OCH3 is 2. The zero-order valence-corrected chi connectivity index (χ0v) is 12.5. The van der Waals surface area contributed by atoms with Crippen LogP contribution >= 0.6 is 11.8 Å². The van der Waals surface area contributed by atoms with Crippen LogP contribution in [-0.4, -0.2) is 26.0 Å². The predicted octanol–water partition coefficient (Wildman–Crippen LogP) is 2.99. The largest absolute Gasteiger partial charge is 0.493 e. The highest BCUT2D eigenvalue weighted by Gasteiger charge is 2.36. The van der Waals surface area contributed by atoms with Gasteiger partial charge in [0, 0.05) is 16.5 Å². The zero-order chi connectivity index (χ0) is 13.3. The van der Waals surface area contributed by atoms with Gasteiger partial charge in [0.05, 0.1) is 14.2 Å². The number of thioether (sulfide) groups is 1. The van der Waals surface area contributed by atoms with Gasteiger partial charge in [-0.2, -0.15) is 0 Å². The van der Waals surface area contributed by atoms with Crippen molar-refractivity contribution in [3.63, 3.8) is 0 Å². The maximum Gasteiger partial charge on any atom is 0.161 e. The fraction of sp³-hybridized carbons (Fsp3) is 0.571. The third-order valence-electron chi connectivity index (χ3n) is 3.54. The molecule has 0 aromatic heterocycles. The molecule has 1 aliphatic heterocycles. The van der Waals surface area contributed by atoms with Crippen LogP contribution in [0.1, 0.15) is 31.0 Å². The number of ether oxygens (including phenoxy) is 2.